The van der Waals surface area contributed by atoms with E-state index in [1.807, 2.05) is 19.1 Å². The lowest BCUT2D eigenvalue weighted by Crippen LogP contribution is -2.06. The monoisotopic (exact) mass is 196 g/mol. The van der Waals surface area contributed by atoms with Crippen molar-refractivity contribution in [2.75, 3.05) is 0 Å². The molecule has 0 fully saturated rings. The largest absolute Gasteiger partial charge is 0.489 e. The standard InChI is InChI=1S/C10H9ClO2/c1-6-5-7-3-2-4-8(10(11)12)9(7)13-6/h2-4,6H,5H2,1H3/t6-/m1/s1. The van der Waals surface area contributed by atoms with Crippen molar-refractivity contribution in [2.24, 2.45) is 0 Å². The molecule has 2 nitrogen and oxygen atoms in total. The summed E-state index contributed by atoms with van der Waals surface area (Å²) in [5.74, 6) is 0.662. The number of rotatable bonds is 1. The summed E-state index contributed by atoms with van der Waals surface area (Å²) in [6, 6.07) is 5.48. The summed E-state index contributed by atoms with van der Waals surface area (Å²) in [4.78, 5) is 11.0. The second kappa shape index (κ2) is 3.04. The van der Waals surface area contributed by atoms with Crippen molar-refractivity contribution in [3.05, 3.63) is 29.3 Å². The Bertz CT molecular complexity index is 360. The maximum absolute atomic E-state index is 11.0. The van der Waals surface area contributed by atoms with E-state index < -0.39 is 5.24 Å². The van der Waals surface area contributed by atoms with Gasteiger partial charge < -0.3 is 4.74 Å². The van der Waals surface area contributed by atoms with Gasteiger partial charge in [0.1, 0.15) is 11.9 Å². The lowest BCUT2D eigenvalue weighted by molar-refractivity contribution is 0.107. The number of carbonyl (C=O) groups is 1. The summed E-state index contributed by atoms with van der Waals surface area (Å²) in [5, 5.41) is -0.453. The Morgan fingerprint density at radius 1 is 1.62 bits per heavy atom. The normalized spacial score (nSPS) is 19.4. The lowest BCUT2D eigenvalue weighted by atomic mass is 10.1. The molecule has 2 rings (SSSR count). The summed E-state index contributed by atoms with van der Waals surface area (Å²) in [6.07, 6.45) is 1.00. The van der Waals surface area contributed by atoms with Crippen LogP contribution in [0.3, 0.4) is 0 Å². The summed E-state index contributed by atoms with van der Waals surface area (Å²) >= 11 is 5.42. The van der Waals surface area contributed by atoms with Gasteiger partial charge in [-0.3, -0.25) is 4.79 Å². The van der Waals surface area contributed by atoms with Crippen molar-refractivity contribution in [3.8, 4) is 5.75 Å². The summed E-state index contributed by atoms with van der Waals surface area (Å²) in [5.41, 5.74) is 1.54. The number of fused-ring (bicyclic) bond motifs is 1. The molecule has 0 N–H and O–H groups in total. The van der Waals surface area contributed by atoms with E-state index >= 15 is 0 Å². The number of hydrogen-bond acceptors (Lipinski definition) is 2. The van der Waals surface area contributed by atoms with E-state index in [1.54, 1.807) is 6.07 Å². The van der Waals surface area contributed by atoms with E-state index in [-0.39, 0.29) is 6.10 Å². The predicted molar refractivity (Wildman–Crippen MR) is 50.4 cm³/mol. The van der Waals surface area contributed by atoms with Gasteiger partial charge >= 0.3 is 0 Å². The molecule has 1 aromatic rings. The summed E-state index contributed by atoms with van der Waals surface area (Å²) in [6.45, 7) is 1.97. The molecular formula is C10H9ClO2. The van der Waals surface area contributed by atoms with Gasteiger partial charge in [-0.25, -0.2) is 0 Å². The van der Waals surface area contributed by atoms with Gasteiger partial charge in [0.2, 0.25) is 0 Å². The minimum absolute atomic E-state index is 0.146. The molecule has 0 aromatic heterocycles. The van der Waals surface area contributed by atoms with Crippen LogP contribution in [0.5, 0.6) is 5.75 Å². The van der Waals surface area contributed by atoms with Crippen LogP contribution in [-0.4, -0.2) is 11.3 Å². The third kappa shape index (κ3) is 1.42. The van der Waals surface area contributed by atoms with Crippen molar-refractivity contribution in [3.63, 3.8) is 0 Å². The maximum atomic E-state index is 11.0. The Balaban J connectivity index is 2.51. The fourth-order valence-corrected chi connectivity index (χ4v) is 1.74. The Hall–Kier alpha value is -1.02. The van der Waals surface area contributed by atoms with E-state index in [2.05, 4.69) is 0 Å². The minimum atomic E-state index is -0.453. The summed E-state index contributed by atoms with van der Waals surface area (Å²) in [7, 11) is 0. The van der Waals surface area contributed by atoms with Crippen molar-refractivity contribution in [1.29, 1.82) is 0 Å². The molecule has 1 atom stereocenters. The molecule has 0 bridgehead atoms. The quantitative estimate of drug-likeness (QED) is 0.645. The smallest absolute Gasteiger partial charge is 0.256 e. The van der Waals surface area contributed by atoms with Crippen LogP contribution in [-0.2, 0) is 6.42 Å². The molecule has 0 amide bonds. The van der Waals surface area contributed by atoms with Gasteiger partial charge in [0.25, 0.3) is 5.24 Å². The molecule has 0 aliphatic carbocycles. The van der Waals surface area contributed by atoms with Gasteiger partial charge in [0.15, 0.2) is 0 Å². The molecule has 0 unspecified atom stereocenters. The molecule has 1 aliphatic heterocycles. The fraction of sp³-hybridized carbons (Fsp3) is 0.300. The lowest BCUT2D eigenvalue weighted by Gasteiger charge is -2.05. The Morgan fingerprint density at radius 3 is 3.08 bits per heavy atom. The molecule has 68 valence electrons. The molecular weight excluding hydrogens is 188 g/mol. The number of ether oxygens (including phenoxy) is 1. The van der Waals surface area contributed by atoms with Crippen molar-refractivity contribution >= 4 is 16.8 Å². The van der Waals surface area contributed by atoms with Crippen LogP contribution in [0.2, 0.25) is 0 Å². The van der Waals surface area contributed by atoms with E-state index in [4.69, 9.17) is 16.3 Å². The highest BCUT2D eigenvalue weighted by molar-refractivity contribution is 6.68. The highest BCUT2D eigenvalue weighted by atomic mass is 35.5. The van der Waals surface area contributed by atoms with Crippen LogP contribution in [0.15, 0.2) is 18.2 Å². The minimum Gasteiger partial charge on any atom is -0.489 e. The summed E-state index contributed by atoms with van der Waals surface area (Å²) < 4.78 is 5.49. The van der Waals surface area contributed by atoms with E-state index in [0.717, 1.165) is 12.0 Å². The van der Waals surface area contributed by atoms with Gasteiger partial charge in [-0.1, -0.05) is 12.1 Å². The number of carbonyl (C=O) groups excluding carboxylic acids is 1. The zero-order chi connectivity index (χ0) is 9.42. The van der Waals surface area contributed by atoms with Crippen LogP contribution in [0.25, 0.3) is 0 Å². The zero-order valence-electron chi connectivity index (χ0n) is 7.21. The molecule has 0 radical (unpaired) electrons. The Kier molecular flexibility index (Phi) is 2.00. The highest BCUT2D eigenvalue weighted by Crippen LogP contribution is 2.32. The Morgan fingerprint density at radius 2 is 2.38 bits per heavy atom. The molecule has 0 saturated heterocycles. The number of halogens is 1. The number of para-hydroxylation sites is 1. The van der Waals surface area contributed by atoms with Crippen LogP contribution in [0.1, 0.15) is 22.8 Å². The second-order valence-corrected chi connectivity index (χ2v) is 3.54. The van der Waals surface area contributed by atoms with Crippen LogP contribution in [0, 0.1) is 0 Å². The fourth-order valence-electron chi connectivity index (χ4n) is 1.59. The average molecular weight is 197 g/mol. The second-order valence-electron chi connectivity index (χ2n) is 3.20. The van der Waals surface area contributed by atoms with E-state index in [9.17, 15) is 4.79 Å². The maximum Gasteiger partial charge on any atom is 0.256 e. The first kappa shape index (κ1) is 8.57. The van der Waals surface area contributed by atoms with Crippen molar-refractivity contribution < 1.29 is 9.53 Å². The number of hydrogen-bond donors (Lipinski definition) is 0. The van der Waals surface area contributed by atoms with Crippen LogP contribution < -0.4 is 4.74 Å². The molecule has 0 saturated carbocycles. The van der Waals surface area contributed by atoms with Gasteiger partial charge in [0, 0.05) is 6.42 Å². The van der Waals surface area contributed by atoms with Gasteiger partial charge in [-0.05, 0) is 30.2 Å². The topological polar surface area (TPSA) is 26.3 Å². The first-order valence-corrected chi connectivity index (χ1v) is 4.54. The van der Waals surface area contributed by atoms with Gasteiger partial charge in [-0.15, -0.1) is 0 Å². The molecule has 0 spiro atoms. The predicted octanol–water partition coefficient (Wildman–Crippen LogP) is 2.39. The molecule has 3 heteroatoms. The first-order valence-electron chi connectivity index (χ1n) is 4.17. The third-order valence-electron chi connectivity index (χ3n) is 2.13. The molecule has 1 aliphatic rings. The molecule has 13 heavy (non-hydrogen) atoms. The molecule has 1 aromatic carbocycles. The number of benzene rings is 1. The van der Waals surface area contributed by atoms with Crippen molar-refractivity contribution in [1.82, 2.24) is 0 Å². The van der Waals surface area contributed by atoms with Gasteiger partial charge in [0.05, 0.1) is 5.56 Å². The highest BCUT2D eigenvalue weighted by Gasteiger charge is 2.23. The third-order valence-corrected chi connectivity index (χ3v) is 2.34. The first-order chi connectivity index (χ1) is 6.18. The van der Waals surface area contributed by atoms with Crippen molar-refractivity contribution in [2.45, 2.75) is 19.4 Å². The average Bonchev–Trinajstić information content (AvgIpc) is 2.43. The zero-order valence-corrected chi connectivity index (χ0v) is 7.97. The van der Waals surface area contributed by atoms with E-state index in [1.165, 1.54) is 0 Å². The Labute approximate surface area is 81.5 Å². The van der Waals surface area contributed by atoms with Gasteiger partial charge in [-0.2, -0.15) is 0 Å². The van der Waals surface area contributed by atoms with Crippen LogP contribution in [0.4, 0.5) is 0 Å². The molecule has 1 heterocycles. The SMILES string of the molecule is C[C@@H]1Cc2cccc(C(=O)Cl)c2O1. The van der Waals surface area contributed by atoms with Crippen LogP contribution >= 0.6 is 11.6 Å². The van der Waals surface area contributed by atoms with E-state index in [0.29, 0.717) is 11.3 Å².